The van der Waals surface area contributed by atoms with E-state index in [0.29, 0.717) is 0 Å². The lowest BCUT2D eigenvalue weighted by atomic mass is 10.1. The molecule has 1 rings (SSSR count). The lowest BCUT2D eigenvalue weighted by molar-refractivity contribution is -0.388. The molecule has 0 aliphatic carbocycles. The number of hydrogen-bond donors (Lipinski definition) is 1. The number of halogens is 1. The van der Waals surface area contributed by atoms with Gasteiger partial charge in [0.15, 0.2) is 0 Å². The summed E-state index contributed by atoms with van der Waals surface area (Å²) in [5.41, 5.74) is 4.27. The molecule has 0 radical (unpaired) electrons. The first-order chi connectivity index (χ1) is 6.43. The zero-order valence-electron chi connectivity index (χ0n) is 7.28. The summed E-state index contributed by atoms with van der Waals surface area (Å²) in [6.07, 6.45) is 0. The minimum Gasteiger partial charge on any atom is -0.366 e. The topological polar surface area (TPSA) is 86.2 Å². The zero-order chi connectivity index (χ0) is 10.9. The fourth-order valence-electron chi connectivity index (χ4n) is 1.11. The first-order valence-electron chi connectivity index (χ1n) is 3.68. The molecule has 14 heavy (non-hydrogen) atoms. The van der Waals surface area contributed by atoms with Crippen LogP contribution in [0.3, 0.4) is 0 Å². The van der Waals surface area contributed by atoms with Crippen LogP contribution in [0, 0.1) is 22.9 Å². The van der Waals surface area contributed by atoms with Crippen molar-refractivity contribution in [1.82, 2.24) is 0 Å². The Morgan fingerprint density at radius 2 is 2.14 bits per heavy atom. The number of nitrogens with zero attached hydrogens (tertiary/aromatic N) is 1. The van der Waals surface area contributed by atoms with Crippen molar-refractivity contribution in [1.29, 1.82) is 0 Å². The number of carbonyl (C=O) groups excluding carboxylic acids is 1. The Morgan fingerprint density at radius 3 is 2.50 bits per heavy atom. The summed E-state index contributed by atoms with van der Waals surface area (Å²) < 4.78 is 13.1. The van der Waals surface area contributed by atoms with E-state index in [0.717, 1.165) is 6.07 Å². The van der Waals surface area contributed by atoms with Crippen LogP contribution in [0.15, 0.2) is 12.1 Å². The van der Waals surface area contributed by atoms with Crippen molar-refractivity contribution in [3.05, 3.63) is 39.2 Å². The molecule has 0 saturated carbocycles. The highest BCUT2D eigenvalue weighted by Gasteiger charge is 2.19. The number of primary amides is 1. The van der Waals surface area contributed by atoms with Gasteiger partial charge in [-0.15, -0.1) is 0 Å². The zero-order valence-corrected chi connectivity index (χ0v) is 7.28. The first kappa shape index (κ1) is 10.1. The molecule has 0 aromatic heterocycles. The molecule has 0 fully saturated rings. The number of nitro groups is 1. The van der Waals surface area contributed by atoms with E-state index in [4.69, 9.17) is 5.73 Å². The van der Waals surface area contributed by atoms with Crippen molar-refractivity contribution in [3.63, 3.8) is 0 Å². The van der Waals surface area contributed by atoms with Gasteiger partial charge < -0.3 is 5.73 Å². The van der Waals surface area contributed by atoms with Crippen LogP contribution in [0.2, 0.25) is 0 Å². The second-order valence-corrected chi connectivity index (χ2v) is 2.74. The second kappa shape index (κ2) is 3.41. The molecule has 2 N–H and O–H groups in total. The fourth-order valence-corrected chi connectivity index (χ4v) is 1.11. The molecule has 0 aliphatic rings. The van der Waals surface area contributed by atoms with E-state index >= 15 is 0 Å². The van der Waals surface area contributed by atoms with E-state index in [1.165, 1.54) is 13.0 Å². The molecule has 74 valence electrons. The monoisotopic (exact) mass is 198 g/mol. The van der Waals surface area contributed by atoms with Crippen molar-refractivity contribution < 1.29 is 14.1 Å². The Bertz CT molecular complexity index is 394. The van der Waals surface area contributed by atoms with Gasteiger partial charge in [-0.25, -0.2) is 0 Å². The average Bonchev–Trinajstić information content (AvgIpc) is 2.01. The van der Waals surface area contributed by atoms with Crippen LogP contribution in [-0.2, 0) is 0 Å². The van der Waals surface area contributed by atoms with E-state index in [9.17, 15) is 19.3 Å². The number of hydrogen-bond acceptors (Lipinski definition) is 3. The van der Waals surface area contributed by atoms with E-state index < -0.39 is 22.3 Å². The summed E-state index contributed by atoms with van der Waals surface area (Å²) in [7, 11) is 0. The Balaban J connectivity index is 3.39. The third-order valence-corrected chi connectivity index (χ3v) is 1.72. The van der Waals surface area contributed by atoms with Gasteiger partial charge in [-0.1, -0.05) is 0 Å². The lowest BCUT2D eigenvalue weighted by Crippen LogP contribution is -2.12. The van der Waals surface area contributed by atoms with Gasteiger partial charge in [0.25, 0.3) is 0 Å². The van der Waals surface area contributed by atoms with Crippen LogP contribution in [0.1, 0.15) is 15.9 Å². The highest BCUT2D eigenvalue weighted by atomic mass is 19.1. The van der Waals surface area contributed by atoms with Gasteiger partial charge in [-0.05, 0) is 19.1 Å². The van der Waals surface area contributed by atoms with Crippen molar-refractivity contribution in [2.24, 2.45) is 5.73 Å². The number of nitrogens with two attached hydrogens (primary N) is 1. The highest BCUT2D eigenvalue weighted by molar-refractivity contribution is 5.93. The molecule has 5 nitrogen and oxygen atoms in total. The van der Waals surface area contributed by atoms with E-state index in [1.807, 2.05) is 0 Å². The molecular weight excluding hydrogens is 191 g/mol. The SMILES string of the molecule is Cc1cc(C(N)=O)cc(F)c1[N+](=O)[O-]. The summed E-state index contributed by atoms with van der Waals surface area (Å²) in [4.78, 5) is 20.2. The van der Waals surface area contributed by atoms with E-state index in [-0.39, 0.29) is 11.1 Å². The maximum atomic E-state index is 13.1. The third-order valence-electron chi connectivity index (χ3n) is 1.72. The molecule has 1 aromatic carbocycles. The molecule has 0 spiro atoms. The average molecular weight is 198 g/mol. The number of rotatable bonds is 2. The predicted molar refractivity (Wildman–Crippen MR) is 46.3 cm³/mol. The fraction of sp³-hybridized carbons (Fsp3) is 0.125. The number of amides is 1. The first-order valence-corrected chi connectivity index (χ1v) is 3.68. The number of benzene rings is 1. The second-order valence-electron chi connectivity index (χ2n) is 2.74. The minimum absolute atomic E-state index is 0.0730. The van der Waals surface area contributed by atoms with Crippen molar-refractivity contribution in [2.45, 2.75) is 6.92 Å². The molecule has 0 atom stereocenters. The van der Waals surface area contributed by atoms with Gasteiger partial charge in [0.1, 0.15) is 0 Å². The summed E-state index contributed by atoms with van der Waals surface area (Å²) in [5, 5.41) is 10.4. The molecule has 0 heterocycles. The van der Waals surface area contributed by atoms with Gasteiger partial charge >= 0.3 is 5.69 Å². The van der Waals surface area contributed by atoms with Crippen molar-refractivity contribution >= 4 is 11.6 Å². The van der Waals surface area contributed by atoms with E-state index in [1.54, 1.807) is 0 Å². The lowest BCUT2D eigenvalue weighted by Gasteiger charge is -2.00. The predicted octanol–water partition coefficient (Wildman–Crippen LogP) is 1.14. The molecule has 1 amide bonds. The third kappa shape index (κ3) is 1.68. The summed E-state index contributed by atoms with van der Waals surface area (Å²) in [5.74, 6) is -1.87. The van der Waals surface area contributed by atoms with Gasteiger partial charge in [-0.2, -0.15) is 4.39 Å². The number of carbonyl (C=O) groups is 1. The van der Waals surface area contributed by atoms with Crippen LogP contribution < -0.4 is 5.73 Å². The Morgan fingerprint density at radius 1 is 1.57 bits per heavy atom. The quantitative estimate of drug-likeness (QED) is 0.571. The molecule has 6 heteroatoms. The van der Waals surface area contributed by atoms with Crippen molar-refractivity contribution in [3.8, 4) is 0 Å². The van der Waals surface area contributed by atoms with Gasteiger partial charge in [0, 0.05) is 11.1 Å². The van der Waals surface area contributed by atoms with Crippen LogP contribution >= 0.6 is 0 Å². The van der Waals surface area contributed by atoms with Gasteiger partial charge in [-0.3, -0.25) is 14.9 Å². The Hall–Kier alpha value is -1.98. The molecule has 0 bridgehead atoms. The normalized spacial score (nSPS) is 9.86. The largest absolute Gasteiger partial charge is 0.366 e. The summed E-state index contributed by atoms with van der Waals surface area (Å²) in [6, 6.07) is 1.94. The molecule has 1 aromatic rings. The number of nitro benzene ring substituents is 1. The highest BCUT2D eigenvalue weighted by Crippen LogP contribution is 2.23. The summed E-state index contributed by atoms with van der Waals surface area (Å²) >= 11 is 0. The van der Waals surface area contributed by atoms with Crippen molar-refractivity contribution in [2.75, 3.05) is 0 Å². The summed E-state index contributed by atoms with van der Waals surface area (Å²) in [6.45, 7) is 1.34. The maximum Gasteiger partial charge on any atom is 0.307 e. The van der Waals surface area contributed by atoms with Gasteiger partial charge in [0.05, 0.1) is 4.92 Å². The van der Waals surface area contributed by atoms with Crippen LogP contribution in [0.5, 0.6) is 0 Å². The van der Waals surface area contributed by atoms with Gasteiger partial charge in [0.2, 0.25) is 11.7 Å². The molecule has 0 aliphatic heterocycles. The number of aryl methyl sites for hydroxylation is 1. The molecule has 0 unspecified atom stereocenters. The van der Waals surface area contributed by atoms with Crippen LogP contribution in [0.25, 0.3) is 0 Å². The van der Waals surface area contributed by atoms with Crippen LogP contribution in [-0.4, -0.2) is 10.8 Å². The van der Waals surface area contributed by atoms with E-state index in [2.05, 4.69) is 0 Å². The molecule has 0 saturated heterocycles. The Kier molecular flexibility index (Phi) is 2.46. The van der Waals surface area contributed by atoms with Crippen LogP contribution in [0.4, 0.5) is 10.1 Å². The maximum absolute atomic E-state index is 13.1. The smallest absolute Gasteiger partial charge is 0.307 e. The standard InChI is InChI=1S/C8H7FN2O3/c1-4-2-5(8(10)12)3-6(9)7(4)11(13)14/h2-3H,1H3,(H2,10,12). The Labute approximate surface area is 78.5 Å². The molecular formula is C8H7FN2O3. The minimum atomic E-state index is -1.05.